The first-order chi connectivity index (χ1) is 8.90. The van der Waals surface area contributed by atoms with E-state index in [-0.39, 0.29) is 28.5 Å². The summed E-state index contributed by atoms with van der Waals surface area (Å²) < 4.78 is 31.3. The van der Waals surface area contributed by atoms with E-state index in [1.807, 2.05) is 0 Å². The molecule has 1 heterocycles. The van der Waals surface area contributed by atoms with Crippen LogP contribution in [0.3, 0.4) is 0 Å². The summed E-state index contributed by atoms with van der Waals surface area (Å²) in [6, 6.07) is 2.72. The van der Waals surface area contributed by atoms with Crippen LogP contribution in [-0.2, 0) is 0 Å². The van der Waals surface area contributed by atoms with E-state index < -0.39 is 17.6 Å². The average molecular weight is 267 g/mol. The van der Waals surface area contributed by atoms with Gasteiger partial charge in [-0.25, -0.2) is 13.6 Å². The fourth-order valence-corrected chi connectivity index (χ4v) is 1.79. The third-order valence-corrected chi connectivity index (χ3v) is 2.59. The summed E-state index contributed by atoms with van der Waals surface area (Å²) in [6.07, 6.45) is 0. The van der Waals surface area contributed by atoms with Gasteiger partial charge in [-0.05, 0) is 12.1 Å². The predicted molar refractivity (Wildman–Crippen MR) is 62.9 cm³/mol. The summed E-state index contributed by atoms with van der Waals surface area (Å²) in [5, 5.41) is 12.8. The van der Waals surface area contributed by atoms with Crippen LogP contribution in [0.15, 0.2) is 22.7 Å². The second kappa shape index (κ2) is 4.79. The highest BCUT2D eigenvalue weighted by atomic mass is 19.1. The van der Waals surface area contributed by atoms with Crippen LogP contribution in [0.2, 0.25) is 0 Å². The Bertz CT molecular complexity index is 615. The Balaban J connectivity index is 2.65. The van der Waals surface area contributed by atoms with Gasteiger partial charge in [0.05, 0.1) is 0 Å². The largest absolute Gasteiger partial charge is 0.477 e. The molecule has 0 saturated carbocycles. The van der Waals surface area contributed by atoms with E-state index in [0.717, 1.165) is 12.1 Å². The highest BCUT2D eigenvalue weighted by Gasteiger charge is 2.25. The summed E-state index contributed by atoms with van der Waals surface area (Å²) in [7, 11) is 0. The van der Waals surface area contributed by atoms with Crippen LogP contribution in [-0.4, -0.2) is 16.2 Å². The summed E-state index contributed by atoms with van der Waals surface area (Å²) >= 11 is 0. The molecule has 6 heteroatoms. The quantitative estimate of drug-likeness (QED) is 0.925. The maximum Gasteiger partial charge on any atom is 0.341 e. The van der Waals surface area contributed by atoms with E-state index in [2.05, 4.69) is 5.16 Å². The SMILES string of the molecule is CC(C)c1onc(-c2cc(F)cc(F)c2)c1C(=O)O. The van der Waals surface area contributed by atoms with Gasteiger partial charge < -0.3 is 9.63 Å². The molecule has 19 heavy (non-hydrogen) atoms. The topological polar surface area (TPSA) is 63.3 Å². The number of aromatic carboxylic acids is 1. The first kappa shape index (κ1) is 13.2. The Kier molecular flexibility index (Phi) is 3.33. The molecule has 0 unspecified atom stereocenters. The highest BCUT2D eigenvalue weighted by Crippen LogP contribution is 2.30. The van der Waals surface area contributed by atoms with E-state index in [9.17, 15) is 18.7 Å². The number of rotatable bonds is 3. The number of carbonyl (C=O) groups is 1. The van der Waals surface area contributed by atoms with E-state index in [0.29, 0.717) is 6.07 Å². The van der Waals surface area contributed by atoms with Gasteiger partial charge in [0.15, 0.2) is 5.76 Å². The molecule has 0 amide bonds. The van der Waals surface area contributed by atoms with Crippen molar-refractivity contribution in [3.05, 3.63) is 41.2 Å². The predicted octanol–water partition coefficient (Wildman–Crippen LogP) is 3.44. The Labute approximate surface area is 107 Å². The van der Waals surface area contributed by atoms with Crippen molar-refractivity contribution >= 4 is 5.97 Å². The number of nitrogens with zero attached hydrogens (tertiary/aromatic N) is 1. The Morgan fingerprint density at radius 3 is 2.32 bits per heavy atom. The molecule has 0 fully saturated rings. The third kappa shape index (κ3) is 2.47. The molecule has 1 aromatic heterocycles. The van der Waals surface area contributed by atoms with Crippen LogP contribution in [0, 0.1) is 11.6 Å². The van der Waals surface area contributed by atoms with Crippen molar-refractivity contribution < 1.29 is 23.2 Å². The first-order valence-corrected chi connectivity index (χ1v) is 5.59. The fraction of sp³-hybridized carbons (Fsp3) is 0.231. The lowest BCUT2D eigenvalue weighted by atomic mass is 10.0. The average Bonchev–Trinajstić information content (AvgIpc) is 2.71. The van der Waals surface area contributed by atoms with Crippen LogP contribution < -0.4 is 0 Å². The minimum Gasteiger partial charge on any atom is -0.477 e. The van der Waals surface area contributed by atoms with E-state index in [1.54, 1.807) is 13.8 Å². The normalized spacial score (nSPS) is 11.0. The number of carboxylic acid groups (broad SMARTS) is 1. The minimum atomic E-state index is -1.25. The van der Waals surface area contributed by atoms with Gasteiger partial charge in [-0.2, -0.15) is 0 Å². The van der Waals surface area contributed by atoms with Crippen molar-refractivity contribution in [2.75, 3.05) is 0 Å². The molecule has 1 aromatic carbocycles. The molecule has 2 rings (SSSR count). The first-order valence-electron chi connectivity index (χ1n) is 5.59. The summed E-state index contributed by atoms with van der Waals surface area (Å²) in [4.78, 5) is 11.3. The van der Waals surface area contributed by atoms with Gasteiger partial charge in [0.1, 0.15) is 22.9 Å². The summed E-state index contributed by atoms with van der Waals surface area (Å²) in [5.41, 5.74) is -0.208. The van der Waals surface area contributed by atoms with Gasteiger partial charge in [-0.15, -0.1) is 0 Å². The van der Waals surface area contributed by atoms with Crippen molar-refractivity contribution in [1.29, 1.82) is 0 Å². The van der Waals surface area contributed by atoms with Gasteiger partial charge in [0.2, 0.25) is 0 Å². The molecule has 0 aliphatic rings. The molecule has 1 N–H and O–H groups in total. The standard InChI is InChI=1S/C13H11F2NO3/c1-6(2)12-10(13(17)18)11(16-19-12)7-3-8(14)5-9(15)4-7/h3-6H,1-2H3,(H,17,18). The molecular formula is C13H11F2NO3. The molecule has 0 spiro atoms. The number of carboxylic acids is 1. The zero-order valence-electron chi connectivity index (χ0n) is 10.3. The van der Waals surface area contributed by atoms with Crippen molar-refractivity contribution in [3.8, 4) is 11.3 Å². The molecule has 2 aromatic rings. The number of hydrogen-bond acceptors (Lipinski definition) is 3. The molecule has 0 bridgehead atoms. The van der Waals surface area contributed by atoms with Crippen LogP contribution in [0.25, 0.3) is 11.3 Å². The van der Waals surface area contributed by atoms with Gasteiger partial charge in [-0.3, -0.25) is 0 Å². The lowest BCUT2D eigenvalue weighted by Crippen LogP contribution is -2.02. The van der Waals surface area contributed by atoms with Crippen molar-refractivity contribution in [3.63, 3.8) is 0 Å². The van der Waals surface area contributed by atoms with Crippen LogP contribution in [0.1, 0.15) is 35.9 Å². The molecule has 4 nitrogen and oxygen atoms in total. The maximum atomic E-state index is 13.2. The van der Waals surface area contributed by atoms with Crippen LogP contribution >= 0.6 is 0 Å². The number of hydrogen-bond donors (Lipinski definition) is 1. The van der Waals surface area contributed by atoms with Crippen LogP contribution in [0.4, 0.5) is 8.78 Å². The summed E-state index contributed by atoms with van der Waals surface area (Å²) in [5.74, 6) is -2.89. The number of halogens is 2. The van der Waals surface area contributed by atoms with Crippen molar-refractivity contribution in [2.24, 2.45) is 0 Å². The van der Waals surface area contributed by atoms with E-state index in [1.165, 1.54) is 0 Å². The monoisotopic (exact) mass is 267 g/mol. The Hall–Kier alpha value is -2.24. The minimum absolute atomic E-state index is 0.0329. The van der Waals surface area contributed by atoms with Crippen molar-refractivity contribution in [2.45, 2.75) is 19.8 Å². The zero-order valence-corrected chi connectivity index (χ0v) is 10.3. The Morgan fingerprint density at radius 2 is 1.84 bits per heavy atom. The zero-order chi connectivity index (χ0) is 14.2. The third-order valence-electron chi connectivity index (χ3n) is 2.59. The molecule has 0 aliphatic heterocycles. The van der Waals surface area contributed by atoms with Gasteiger partial charge in [-0.1, -0.05) is 19.0 Å². The molecule has 0 atom stereocenters. The highest BCUT2D eigenvalue weighted by molar-refractivity contribution is 5.95. The maximum absolute atomic E-state index is 13.2. The molecular weight excluding hydrogens is 256 g/mol. The van der Waals surface area contributed by atoms with E-state index >= 15 is 0 Å². The fourth-order valence-electron chi connectivity index (χ4n) is 1.79. The van der Waals surface area contributed by atoms with Crippen molar-refractivity contribution in [1.82, 2.24) is 5.16 Å². The number of aromatic nitrogens is 1. The van der Waals surface area contributed by atoms with Crippen LogP contribution in [0.5, 0.6) is 0 Å². The smallest absolute Gasteiger partial charge is 0.341 e. The molecule has 0 aliphatic carbocycles. The second-order valence-electron chi connectivity index (χ2n) is 4.39. The lowest BCUT2D eigenvalue weighted by molar-refractivity contribution is 0.0694. The van der Waals surface area contributed by atoms with E-state index in [4.69, 9.17) is 4.52 Å². The number of benzene rings is 1. The lowest BCUT2D eigenvalue weighted by Gasteiger charge is -2.02. The van der Waals surface area contributed by atoms with Gasteiger partial charge >= 0.3 is 5.97 Å². The van der Waals surface area contributed by atoms with Gasteiger partial charge in [0.25, 0.3) is 0 Å². The summed E-state index contributed by atoms with van der Waals surface area (Å²) in [6.45, 7) is 3.48. The second-order valence-corrected chi connectivity index (χ2v) is 4.39. The molecule has 0 radical (unpaired) electrons. The molecule has 100 valence electrons. The molecule has 0 saturated heterocycles. The Morgan fingerprint density at radius 1 is 1.26 bits per heavy atom. The van der Waals surface area contributed by atoms with Gasteiger partial charge in [0, 0.05) is 17.5 Å².